The van der Waals surface area contributed by atoms with E-state index in [1.807, 2.05) is 12.3 Å². The molecule has 2 rings (SSSR count). The summed E-state index contributed by atoms with van der Waals surface area (Å²) in [6.45, 7) is 5.51. The van der Waals surface area contributed by atoms with Gasteiger partial charge in [-0.15, -0.1) is 11.3 Å². The van der Waals surface area contributed by atoms with Crippen LogP contribution in [0.1, 0.15) is 33.6 Å². The summed E-state index contributed by atoms with van der Waals surface area (Å²) in [4.78, 5) is 13.4. The van der Waals surface area contributed by atoms with E-state index >= 15 is 0 Å². The van der Waals surface area contributed by atoms with Crippen molar-refractivity contribution >= 4 is 17.1 Å². The summed E-state index contributed by atoms with van der Waals surface area (Å²) in [5.41, 5.74) is 2.06. The van der Waals surface area contributed by atoms with Crippen molar-refractivity contribution in [3.63, 3.8) is 0 Å². The number of aryl methyl sites for hydroxylation is 1. The summed E-state index contributed by atoms with van der Waals surface area (Å²) in [6, 6.07) is 0. The lowest BCUT2D eigenvalue weighted by Crippen LogP contribution is -2.25. The van der Waals surface area contributed by atoms with Crippen molar-refractivity contribution < 1.29 is 9.53 Å². The first-order chi connectivity index (χ1) is 7.20. The van der Waals surface area contributed by atoms with Crippen molar-refractivity contribution in [2.75, 3.05) is 13.2 Å². The molecule has 2 nitrogen and oxygen atoms in total. The molecular formula is C12H16O2S. The van der Waals surface area contributed by atoms with E-state index in [0.717, 1.165) is 30.6 Å². The Labute approximate surface area is 94.3 Å². The zero-order chi connectivity index (χ0) is 10.8. The molecule has 1 fully saturated rings. The first-order valence-electron chi connectivity index (χ1n) is 5.37. The molecule has 1 aromatic heterocycles. The molecule has 0 spiro atoms. The number of carbonyl (C=O) groups is 1. The highest BCUT2D eigenvalue weighted by molar-refractivity contribution is 7.10. The summed E-state index contributed by atoms with van der Waals surface area (Å²) in [6.07, 6.45) is 1.99. The van der Waals surface area contributed by atoms with Crippen LogP contribution >= 0.6 is 11.3 Å². The molecule has 1 aromatic rings. The third kappa shape index (κ3) is 2.13. The Morgan fingerprint density at radius 2 is 2.33 bits per heavy atom. The zero-order valence-electron chi connectivity index (χ0n) is 9.21. The van der Waals surface area contributed by atoms with Crippen molar-refractivity contribution in [1.29, 1.82) is 0 Å². The molecule has 0 aliphatic carbocycles. The van der Waals surface area contributed by atoms with E-state index in [4.69, 9.17) is 4.74 Å². The van der Waals surface area contributed by atoms with Crippen LogP contribution in [0.25, 0.3) is 0 Å². The van der Waals surface area contributed by atoms with Crippen LogP contribution in [-0.2, 0) is 4.74 Å². The highest BCUT2D eigenvalue weighted by Gasteiger charge is 2.24. The van der Waals surface area contributed by atoms with Crippen molar-refractivity contribution in [1.82, 2.24) is 0 Å². The molecule has 15 heavy (non-hydrogen) atoms. The van der Waals surface area contributed by atoms with Gasteiger partial charge in [0, 0.05) is 28.3 Å². The van der Waals surface area contributed by atoms with Crippen LogP contribution in [0.15, 0.2) is 5.38 Å². The van der Waals surface area contributed by atoms with Gasteiger partial charge >= 0.3 is 0 Å². The molecule has 2 heterocycles. The Hall–Kier alpha value is -0.670. The average molecular weight is 224 g/mol. The van der Waals surface area contributed by atoms with Crippen molar-refractivity contribution in [3.05, 3.63) is 21.4 Å². The smallest absolute Gasteiger partial charge is 0.169 e. The lowest BCUT2D eigenvalue weighted by atomic mass is 9.92. The van der Waals surface area contributed by atoms with Gasteiger partial charge in [0.25, 0.3) is 0 Å². The maximum atomic E-state index is 12.2. The number of carbonyl (C=O) groups excluding carboxylic acids is 1. The van der Waals surface area contributed by atoms with Gasteiger partial charge < -0.3 is 4.74 Å². The molecule has 0 aromatic carbocycles. The minimum Gasteiger partial charge on any atom is -0.381 e. The molecule has 1 aliphatic rings. The Bertz CT molecular complexity index is 362. The van der Waals surface area contributed by atoms with Crippen LogP contribution in [0.3, 0.4) is 0 Å². The van der Waals surface area contributed by atoms with E-state index in [1.165, 1.54) is 4.88 Å². The Balaban J connectivity index is 2.16. The van der Waals surface area contributed by atoms with Crippen LogP contribution in [0.2, 0.25) is 0 Å². The third-order valence-electron chi connectivity index (χ3n) is 3.08. The van der Waals surface area contributed by atoms with Gasteiger partial charge in [0.1, 0.15) is 0 Å². The van der Waals surface area contributed by atoms with E-state index < -0.39 is 0 Å². The van der Waals surface area contributed by atoms with Crippen molar-refractivity contribution in [2.45, 2.75) is 26.7 Å². The van der Waals surface area contributed by atoms with Gasteiger partial charge in [-0.3, -0.25) is 4.79 Å². The maximum absolute atomic E-state index is 12.2. The van der Waals surface area contributed by atoms with Crippen LogP contribution in [0, 0.1) is 19.8 Å². The topological polar surface area (TPSA) is 26.3 Å². The van der Waals surface area contributed by atoms with E-state index in [9.17, 15) is 4.79 Å². The molecule has 0 saturated carbocycles. The van der Waals surface area contributed by atoms with Gasteiger partial charge in [-0.1, -0.05) is 0 Å². The number of ether oxygens (including phenoxy) is 1. The van der Waals surface area contributed by atoms with Gasteiger partial charge in [0.05, 0.1) is 6.61 Å². The SMILES string of the molecule is Cc1scc(C(=O)C2CCCOC2)c1C. The Kier molecular flexibility index (Phi) is 3.22. The van der Waals surface area contributed by atoms with Crippen LogP contribution in [-0.4, -0.2) is 19.0 Å². The monoisotopic (exact) mass is 224 g/mol. The Morgan fingerprint density at radius 1 is 1.53 bits per heavy atom. The largest absolute Gasteiger partial charge is 0.381 e. The molecule has 1 saturated heterocycles. The number of thiophene rings is 1. The van der Waals surface area contributed by atoms with E-state index in [-0.39, 0.29) is 11.7 Å². The van der Waals surface area contributed by atoms with Gasteiger partial charge in [-0.05, 0) is 32.3 Å². The summed E-state index contributed by atoms with van der Waals surface area (Å²) in [7, 11) is 0. The quantitative estimate of drug-likeness (QED) is 0.722. The molecule has 0 amide bonds. The maximum Gasteiger partial charge on any atom is 0.169 e. The zero-order valence-corrected chi connectivity index (χ0v) is 10.0. The normalized spacial score (nSPS) is 21.6. The minimum absolute atomic E-state index is 0.0893. The van der Waals surface area contributed by atoms with E-state index in [2.05, 4.69) is 6.92 Å². The van der Waals surface area contributed by atoms with E-state index in [0.29, 0.717) is 6.61 Å². The summed E-state index contributed by atoms with van der Waals surface area (Å²) in [5.74, 6) is 0.364. The fraction of sp³-hybridized carbons (Fsp3) is 0.583. The van der Waals surface area contributed by atoms with Gasteiger partial charge in [0.2, 0.25) is 0 Å². The molecule has 1 aliphatic heterocycles. The number of hydrogen-bond donors (Lipinski definition) is 0. The lowest BCUT2D eigenvalue weighted by Gasteiger charge is -2.20. The number of ketones is 1. The predicted octanol–water partition coefficient (Wildman–Crippen LogP) is 2.97. The fourth-order valence-electron chi connectivity index (χ4n) is 1.92. The first kappa shape index (κ1) is 10.8. The molecule has 1 unspecified atom stereocenters. The molecule has 0 N–H and O–H groups in total. The number of Topliss-reactive ketones (excluding diaryl/α,β-unsaturated/α-hetero) is 1. The highest BCUT2D eigenvalue weighted by atomic mass is 32.1. The van der Waals surface area contributed by atoms with Crippen LogP contribution < -0.4 is 0 Å². The van der Waals surface area contributed by atoms with Crippen LogP contribution in [0.5, 0.6) is 0 Å². The summed E-state index contributed by atoms with van der Waals surface area (Å²) in [5, 5.41) is 1.99. The standard InChI is InChI=1S/C12H16O2S/c1-8-9(2)15-7-11(8)12(13)10-4-3-5-14-6-10/h7,10H,3-6H2,1-2H3. The molecule has 3 heteroatoms. The fourth-order valence-corrected chi connectivity index (χ4v) is 2.80. The molecule has 0 bridgehead atoms. The van der Waals surface area contributed by atoms with Crippen molar-refractivity contribution in [3.8, 4) is 0 Å². The lowest BCUT2D eigenvalue weighted by molar-refractivity contribution is 0.0461. The molecule has 1 atom stereocenters. The van der Waals surface area contributed by atoms with E-state index in [1.54, 1.807) is 11.3 Å². The van der Waals surface area contributed by atoms with Gasteiger partial charge in [0.15, 0.2) is 5.78 Å². The first-order valence-corrected chi connectivity index (χ1v) is 6.24. The molecule has 0 radical (unpaired) electrons. The summed E-state index contributed by atoms with van der Waals surface area (Å²) < 4.78 is 5.35. The van der Waals surface area contributed by atoms with Crippen molar-refractivity contribution in [2.24, 2.45) is 5.92 Å². The average Bonchev–Trinajstić information content (AvgIpc) is 2.60. The molecular weight excluding hydrogens is 208 g/mol. The Morgan fingerprint density at radius 3 is 2.87 bits per heavy atom. The second-order valence-electron chi connectivity index (χ2n) is 4.11. The third-order valence-corrected chi connectivity index (χ3v) is 4.10. The second-order valence-corrected chi connectivity index (χ2v) is 5.19. The highest BCUT2D eigenvalue weighted by Crippen LogP contribution is 2.26. The summed E-state index contributed by atoms with van der Waals surface area (Å²) >= 11 is 1.66. The molecule has 82 valence electrons. The minimum atomic E-state index is 0.0893. The van der Waals surface area contributed by atoms with Gasteiger partial charge in [-0.25, -0.2) is 0 Å². The van der Waals surface area contributed by atoms with Gasteiger partial charge in [-0.2, -0.15) is 0 Å². The van der Waals surface area contributed by atoms with Crippen LogP contribution in [0.4, 0.5) is 0 Å². The number of hydrogen-bond acceptors (Lipinski definition) is 3. The number of rotatable bonds is 2. The second kappa shape index (κ2) is 4.45. The predicted molar refractivity (Wildman–Crippen MR) is 61.7 cm³/mol.